The second-order valence-electron chi connectivity index (χ2n) is 8.03. The quantitative estimate of drug-likeness (QED) is 0.442. The van der Waals surface area contributed by atoms with Gasteiger partial charge in [0.1, 0.15) is 11.8 Å². The zero-order valence-electron chi connectivity index (χ0n) is 18.8. The first-order chi connectivity index (χ1) is 15.1. The largest absolute Gasteiger partial charge is 0.484 e. The molecule has 0 aromatic heterocycles. The van der Waals surface area contributed by atoms with Crippen LogP contribution in [0.25, 0.3) is 0 Å². The van der Waals surface area contributed by atoms with Crippen molar-refractivity contribution in [1.29, 1.82) is 0 Å². The lowest BCUT2D eigenvalue weighted by atomic mass is 10.1. The first-order valence-electron chi connectivity index (χ1n) is 10.5. The molecular formula is C24H29Cl3N2O3. The predicted octanol–water partition coefficient (Wildman–Crippen LogP) is 5.91. The second-order valence-corrected chi connectivity index (χ2v) is 9.25. The molecule has 0 bridgehead atoms. The van der Waals surface area contributed by atoms with Crippen LogP contribution < -0.4 is 10.1 Å². The van der Waals surface area contributed by atoms with Gasteiger partial charge >= 0.3 is 0 Å². The van der Waals surface area contributed by atoms with Crippen molar-refractivity contribution in [3.8, 4) is 5.75 Å². The molecule has 0 unspecified atom stereocenters. The molecule has 1 atom stereocenters. The van der Waals surface area contributed by atoms with Gasteiger partial charge in [-0.1, -0.05) is 61.6 Å². The highest BCUT2D eigenvalue weighted by atomic mass is 35.5. The summed E-state index contributed by atoms with van der Waals surface area (Å²) in [7, 11) is 0. The molecule has 8 heteroatoms. The Bertz CT molecular complexity index is 950. The van der Waals surface area contributed by atoms with Crippen molar-refractivity contribution < 1.29 is 14.3 Å². The number of nitrogens with zero attached hydrogens (tertiary/aromatic N) is 1. The third kappa shape index (κ3) is 7.58. The SMILES string of the molecule is CC[C@H](C(=O)NCC(C)C)N(Cc1ccc(Cl)c(Cl)c1)C(=O)COc1ccc(Cl)c(C)c1. The summed E-state index contributed by atoms with van der Waals surface area (Å²) in [6, 6.07) is 9.71. The normalized spacial score (nSPS) is 11.9. The molecular weight excluding hydrogens is 471 g/mol. The number of carbonyl (C=O) groups excluding carboxylic acids is 2. The monoisotopic (exact) mass is 498 g/mol. The van der Waals surface area contributed by atoms with Crippen LogP contribution in [0.4, 0.5) is 0 Å². The number of benzene rings is 2. The van der Waals surface area contributed by atoms with E-state index >= 15 is 0 Å². The van der Waals surface area contributed by atoms with Crippen molar-refractivity contribution in [3.63, 3.8) is 0 Å². The van der Waals surface area contributed by atoms with Crippen molar-refractivity contribution in [2.45, 2.75) is 46.7 Å². The molecule has 32 heavy (non-hydrogen) atoms. The van der Waals surface area contributed by atoms with Crippen LogP contribution >= 0.6 is 34.8 Å². The number of hydrogen-bond donors (Lipinski definition) is 1. The number of rotatable bonds is 10. The molecule has 2 rings (SSSR count). The first-order valence-corrected chi connectivity index (χ1v) is 11.7. The van der Waals surface area contributed by atoms with Crippen LogP contribution in [-0.2, 0) is 16.1 Å². The maximum absolute atomic E-state index is 13.2. The molecule has 0 spiro atoms. The molecule has 0 aliphatic heterocycles. The Balaban J connectivity index is 2.23. The van der Waals surface area contributed by atoms with Crippen LogP contribution in [0.1, 0.15) is 38.3 Å². The molecule has 2 aromatic rings. The van der Waals surface area contributed by atoms with Crippen LogP contribution in [-0.4, -0.2) is 35.9 Å². The van der Waals surface area contributed by atoms with Gasteiger partial charge in [-0.15, -0.1) is 0 Å². The first kappa shape index (κ1) is 26.3. The lowest BCUT2D eigenvalue weighted by Crippen LogP contribution is -2.50. The van der Waals surface area contributed by atoms with Crippen molar-refractivity contribution in [2.75, 3.05) is 13.2 Å². The summed E-state index contributed by atoms with van der Waals surface area (Å²) < 4.78 is 5.71. The zero-order chi connectivity index (χ0) is 23.8. The molecule has 0 radical (unpaired) electrons. The van der Waals surface area contributed by atoms with Gasteiger partial charge in [0.25, 0.3) is 5.91 Å². The average Bonchev–Trinajstić information content (AvgIpc) is 2.75. The van der Waals surface area contributed by atoms with E-state index in [9.17, 15) is 9.59 Å². The topological polar surface area (TPSA) is 58.6 Å². The zero-order valence-corrected chi connectivity index (χ0v) is 21.0. The van der Waals surface area contributed by atoms with Gasteiger partial charge in [-0.25, -0.2) is 0 Å². The lowest BCUT2D eigenvalue weighted by molar-refractivity contribution is -0.143. The van der Waals surface area contributed by atoms with Crippen LogP contribution in [0.3, 0.4) is 0 Å². The van der Waals surface area contributed by atoms with Gasteiger partial charge in [0, 0.05) is 18.1 Å². The number of aryl methyl sites for hydroxylation is 1. The fourth-order valence-electron chi connectivity index (χ4n) is 3.11. The minimum atomic E-state index is -0.647. The summed E-state index contributed by atoms with van der Waals surface area (Å²) >= 11 is 18.2. The van der Waals surface area contributed by atoms with Gasteiger partial charge in [0.15, 0.2) is 6.61 Å². The van der Waals surface area contributed by atoms with Crippen LogP contribution in [0.5, 0.6) is 5.75 Å². The van der Waals surface area contributed by atoms with E-state index < -0.39 is 6.04 Å². The third-order valence-electron chi connectivity index (χ3n) is 4.90. The maximum Gasteiger partial charge on any atom is 0.261 e. The van der Waals surface area contributed by atoms with Gasteiger partial charge < -0.3 is 15.0 Å². The summed E-state index contributed by atoms with van der Waals surface area (Å²) in [5.74, 6) is 0.325. The van der Waals surface area contributed by atoms with Gasteiger partial charge in [-0.3, -0.25) is 9.59 Å². The number of hydrogen-bond acceptors (Lipinski definition) is 3. The van der Waals surface area contributed by atoms with E-state index in [2.05, 4.69) is 5.32 Å². The highest BCUT2D eigenvalue weighted by molar-refractivity contribution is 6.42. The number of amides is 2. The highest BCUT2D eigenvalue weighted by Gasteiger charge is 2.29. The van der Waals surface area contributed by atoms with Gasteiger partial charge in [-0.2, -0.15) is 0 Å². The van der Waals surface area contributed by atoms with Crippen LogP contribution in [0, 0.1) is 12.8 Å². The van der Waals surface area contributed by atoms with Crippen molar-refractivity contribution >= 4 is 46.6 Å². The van der Waals surface area contributed by atoms with E-state index in [0.717, 1.165) is 11.1 Å². The van der Waals surface area contributed by atoms with Gasteiger partial charge in [-0.05, 0) is 60.7 Å². The summed E-state index contributed by atoms with van der Waals surface area (Å²) in [5.41, 5.74) is 1.62. The Labute approximate surface area is 205 Å². The standard InChI is InChI=1S/C24H29Cl3N2O3/c1-5-22(24(31)28-12-15(2)3)29(13-17-6-8-20(26)21(27)11-17)23(30)14-32-18-7-9-19(25)16(4)10-18/h6-11,15,22H,5,12-14H2,1-4H3,(H,28,31)/t22-/m1/s1. The molecule has 2 amide bonds. The molecule has 2 aromatic carbocycles. The fraction of sp³-hybridized carbons (Fsp3) is 0.417. The predicted molar refractivity (Wildman–Crippen MR) is 131 cm³/mol. The second kappa shape index (κ2) is 12.3. The van der Waals surface area contributed by atoms with E-state index in [1.165, 1.54) is 4.90 Å². The smallest absolute Gasteiger partial charge is 0.261 e. The molecule has 0 aliphatic carbocycles. The Hall–Kier alpha value is -1.95. The fourth-order valence-corrected chi connectivity index (χ4v) is 3.55. The Morgan fingerprint density at radius 2 is 1.72 bits per heavy atom. The van der Waals surface area contributed by atoms with E-state index in [-0.39, 0.29) is 25.0 Å². The number of carbonyl (C=O) groups is 2. The van der Waals surface area contributed by atoms with Gasteiger partial charge in [0.2, 0.25) is 5.91 Å². The molecule has 0 saturated carbocycles. The minimum Gasteiger partial charge on any atom is -0.484 e. The summed E-state index contributed by atoms with van der Waals surface area (Å²) in [4.78, 5) is 27.6. The third-order valence-corrected chi connectivity index (χ3v) is 6.06. The summed E-state index contributed by atoms with van der Waals surface area (Å²) in [6.07, 6.45) is 0.455. The molecule has 0 heterocycles. The number of nitrogens with one attached hydrogen (secondary N) is 1. The van der Waals surface area contributed by atoms with Crippen LogP contribution in [0.15, 0.2) is 36.4 Å². The number of halogens is 3. The lowest BCUT2D eigenvalue weighted by Gasteiger charge is -2.31. The Morgan fingerprint density at radius 3 is 2.31 bits per heavy atom. The summed E-state index contributed by atoms with van der Waals surface area (Å²) in [6.45, 7) is 8.29. The molecule has 0 aliphatic rings. The van der Waals surface area contributed by atoms with Crippen molar-refractivity contribution in [1.82, 2.24) is 10.2 Å². The van der Waals surface area contributed by atoms with E-state index in [0.29, 0.717) is 39.7 Å². The molecule has 0 fully saturated rings. The van der Waals surface area contributed by atoms with Crippen LogP contribution in [0.2, 0.25) is 15.1 Å². The molecule has 5 nitrogen and oxygen atoms in total. The summed E-state index contributed by atoms with van der Waals surface area (Å²) in [5, 5.41) is 4.37. The molecule has 1 N–H and O–H groups in total. The molecule has 0 saturated heterocycles. The Kier molecular flexibility index (Phi) is 10.1. The van der Waals surface area contributed by atoms with Gasteiger partial charge in [0.05, 0.1) is 10.0 Å². The minimum absolute atomic E-state index is 0.197. The maximum atomic E-state index is 13.2. The average molecular weight is 500 g/mol. The van der Waals surface area contributed by atoms with Crippen molar-refractivity contribution in [3.05, 3.63) is 62.6 Å². The van der Waals surface area contributed by atoms with E-state index in [1.54, 1.807) is 36.4 Å². The molecule has 174 valence electrons. The Morgan fingerprint density at radius 1 is 1.03 bits per heavy atom. The number of ether oxygens (including phenoxy) is 1. The van der Waals surface area contributed by atoms with E-state index in [4.69, 9.17) is 39.5 Å². The van der Waals surface area contributed by atoms with E-state index in [1.807, 2.05) is 27.7 Å². The van der Waals surface area contributed by atoms with Crippen molar-refractivity contribution in [2.24, 2.45) is 5.92 Å². The highest BCUT2D eigenvalue weighted by Crippen LogP contribution is 2.25.